The minimum atomic E-state index is 0.356. The number of hydrogen-bond donors (Lipinski definition) is 1. The molecule has 2 fully saturated rings. The van der Waals surface area contributed by atoms with Crippen molar-refractivity contribution in [2.24, 2.45) is 24.6 Å². The van der Waals surface area contributed by atoms with E-state index in [9.17, 15) is 0 Å². The minimum absolute atomic E-state index is 0.356. The Morgan fingerprint density at radius 3 is 2.26 bits per heavy atom. The van der Waals surface area contributed by atoms with Gasteiger partial charge in [-0.1, -0.05) is 0 Å². The summed E-state index contributed by atoms with van der Waals surface area (Å²) in [7, 11) is 2.01. The number of nitrogens with two attached hydrogens (primary N) is 1. The van der Waals surface area contributed by atoms with E-state index in [0.29, 0.717) is 12.6 Å². The van der Waals surface area contributed by atoms with Crippen LogP contribution < -0.4 is 5.73 Å². The number of aromatic nitrogens is 2. The molecule has 2 aliphatic carbocycles. The predicted molar refractivity (Wildman–Crippen MR) is 76.8 cm³/mol. The molecule has 0 radical (unpaired) electrons. The molecule has 0 aromatic carbocycles. The SMILES string of the molecule is Cc1c(C(CN)N(CC2CC2)CC2CC2)cnn1C. The first-order valence-corrected chi connectivity index (χ1v) is 7.61. The molecule has 2 N–H and O–H groups in total. The van der Waals surface area contributed by atoms with Crippen LogP contribution in [-0.4, -0.2) is 34.3 Å². The zero-order chi connectivity index (χ0) is 13.4. The highest BCUT2D eigenvalue weighted by Gasteiger charge is 2.33. The van der Waals surface area contributed by atoms with Gasteiger partial charge in [-0.15, -0.1) is 0 Å². The maximum absolute atomic E-state index is 6.10. The third-order valence-electron chi connectivity index (χ3n) is 4.68. The molecule has 106 valence electrons. The van der Waals surface area contributed by atoms with Crippen molar-refractivity contribution in [3.05, 3.63) is 17.5 Å². The van der Waals surface area contributed by atoms with E-state index in [2.05, 4.69) is 16.9 Å². The Kier molecular flexibility index (Phi) is 3.63. The highest BCUT2D eigenvalue weighted by atomic mass is 15.3. The molecule has 1 aromatic heterocycles. The molecule has 3 rings (SSSR count). The largest absolute Gasteiger partial charge is 0.329 e. The van der Waals surface area contributed by atoms with Crippen LogP contribution in [0.15, 0.2) is 6.20 Å². The predicted octanol–water partition coefficient (Wildman–Crippen LogP) is 1.85. The molecule has 1 atom stereocenters. The molecular weight excluding hydrogens is 236 g/mol. The fourth-order valence-corrected chi connectivity index (χ4v) is 2.91. The van der Waals surface area contributed by atoms with E-state index in [1.54, 1.807) is 0 Å². The van der Waals surface area contributed by atoms with E-state index in [1.807, 2.05) is 17.9 Å². The van der Waals surface area contributed by atoms with Gasteiger partial charge in [0.2, 0.25) is 0 Å². The zero-order valence-electron chi connectivity index (χ0n) is 12.2. The highest BCUT2D eigenvalue weighted by molar-refractivity contribution is 5.21. The molecular formula is C15H26N4. The van der Waals surface area contributed by atoms with Crippen LogP contribution in [0.4, 0.5) is 0 Å². The number of hydrogen-bond acceptors (Lipinski definition) is 3. The monoisotopic (exact) mass is 262 g/mol. The summed E-state index contributed by atoms with van der Waals surface area (Å²) >= 11 is 0. The van der Waals surface area contributed by atoms with Gasteiger partial charge in [-0.3, -0.25) is 9.58 Å². The van der Waals surface area contributed by atoms with Gasteiger partial charge in [0, 0.05) is 37.9 Å². The quantitative estimate of drug-likeness (QED) is 0.816. The van der Waals surface area contributed by atoms with Gasteiger partial charge in [0.1, 0.15) is 0 Å². The smallest absolute Gasteiger partial charge is 0.0540 e. The second-order valence-electron chi connectivity index (χ2n) is 6.40. The fourth-order valence-electron chi connectivity index (χ4n) is 2.91. The molecule has 1 unspecified atom stereocenters. The van der Waals surface area contributed by atoms with Crippen LogP contribution in [-0.2, 0) is 7.05 Å². The first-order valence-electron chi connectivity index (χ1n) is 7.61. The minimum Gasteiger partial charge on any atom is -0.329 e. The van der Waals surface area contributed by atoms with Crippen LogP contribution in [0.25, 0.3) is 0 Å². The summed E-state index contributed by atoms with van der Waals surface area (Å²) in [5, 5.41) is 4.39. The van der Waals surface area contributed by atoms with Crippen LogP contribution >= 0.6 is 0 Å². The van der Waals surface area contributed by atoms with Crippen LogP contribution in [0.5, 0.6) is 0 Å². The van der Waals surface area contributed by atoms with Gasteiger partial charge in [0.15, 0.2) is 0 Å². The second kappa shape index (κ2) is 5.25. The fraction of sp³-hybridized carbons (Fsp3) is 0.800. The first kappa shape index (κ1) is 13.1. The van der Waals surface area contributed by atoms with Gasteiger partial charge in [-0.2, -0.15) is 5.10 Å². The molecule has 0 saturated heterocycles. The van der Waals surface area contributed by atoms with E-state index in [-0.39, 0.29) is 0 Å². The molecule has 1 heterocycles. The molecule has 0 aliphatic heterocycles. The van der Waals surface area contributed by atoms with Crippen molar-refractivity contribution >= 4 is 0 Å². The Morgan fingerprint density at radius 2 is 1.89 bits per heavy atom. The first-order chi connectivity index (χ1) is 9.19. The molecule has 4 nitrogen and oxygen atoms in total. The van der Waals surface area contributed by atoms with E-state index in [4.69, 9.17) is 5.73 Å². The topological polar surface area (TPSA) is 47.1 Å². The zero-order valence-corrected chi connectivity index (χ0v) is 12.2. The maximum atomic E-state index is 6.10. The van der Waals surface area contributed by atoms with Crippen molar-refractivity contribution < 1.29 is 0 Å². The van der Waals surface area contributed by atoms with Crippen molar-refractivity contribution in [3.63, 3.8) is 0 Å². The molecule has 2 aliphatic rings. The summed E-state index contributed by atoms with van der Waals surface area (Å²) < 4.78 is 1.96. The molecule has 0 spiro atoms. The average Bonchev–Trinajstić information content (AvgIpc) is 3.28. The van der Waals surface area contributed by atoms with Crippen molar-refractivity contribution in [3.8, 4) is 0 Å². The van der Waals surface area contributed by atoms with Gasteiger partial charge >= 0.3 is 0 Å². The second-order valence-corrected chi connectivity index (χ2v) is 6.40. The Balaban J connectivity index is 1.77. The molecule has 2 saturated carbocycles. The lowest BCUT2D eigenvalue weighted by atomic mass is 10.1. The lowest BCUT2D eigenvalue weighted by Gasteiger charge is -2.31. The normalized spacial score (nSPS) is 21.1. The van der Waals surface area contributed by atoms with Crippen LogP contribution in [0.3, 0.4) is 0 Å². The van der Waals surface area contributed by atoms with Gasteiger partial charge in [0.05, 0.1) is 12.2 Å². The van der Waals surface area contributed by atoms with Gasteiger partial charge in [-0.05, 0) is 44.4 Å². The maximum Gasteiger partial charge on any atom is 0.0540 e. The van der Waals surface area contributed by atoms with E-state index in [0.717, 1.165) is 11.8 Å². The summed E-state index contributed by atoms with van der Waals surface area (Å²) in [6.07, 6.45) is 7.64. The molecule has 0 bridgehead atoms. The van der Waals surface area contributed by atoms with Gasteiger partial charge < -0.3 is 5.73 Å². The Bertz CT molecular complexity index is 417. The number of rotatable bonds is 7. The number of nitrogens with zero attached hydrogens (tertiary/aromatic N) is 3. The van der Waals surface area contributed by atoms with E-state index in [1.165, 1.54) is 50.0 Å². The number of aryl methyl sites for hydroxylation is 1. The summed E-state index contributed by atoms with van der Waals surface area (Å²) in [5.41, 5.74) is 8.68. The van der Waals surface area contributed by atoms with Crippen molar-refractivity contribution in [1.82, 2.24) is 14.7 Å². The van der Waals surface area contributed by atoms with Crippen molar-refractivity contribution in [2.45, 2.75) is 38.6 Å². The Morgan fingerprint density at radius 1 is 1.32 bits per heavy atom. The molecule has 4 heteroatoms. The molecule has 19 heavy (non-hydrogen) atoms. The molecule has 0 amide bonds. The highest BCUT2D eigenvalue weighted by Crippen LogP contribution is 2.37. The van der Waals surface area contributed by atoms with E-state index >= 15 is 0 Å². The third kappa shape index (κ3) is 3.00. The van der Waals surface area contributed by atoms with Gasteiger partial charge in [0.25, 0.3) is 0 Å². The lowest BCUT2D eigenvalue weighted by Crippen LogP contribution is -2.37. The summed E-state index contributed by atoms with van der Waals surface area (Å²) in [5.74, 6) is 1.84. The van der Waals surface area contributed by atoms with Crippen LogP contribution in [0.2, 0.25) is 0 Å². The average molecular weight is 262 g/mol. The molecule has 1 aromatic rings. The van der Waals surface area contributed by atoms with Gasteiger partial charge in [-0.25, -0.2) is 0 Å². The summed E-state index contributed by atoms with van der Waals surface area (Å²) in [6, 6.07) is 0.356. The Hall–Kier alpha value is -0.870. The van der Waals surface area contributed by atoms with E-state index < -0.39 is 0 Å². The standard InChI is InChI=1S/C15H26N4/c1-11-14(8-17-18(11)2)15(7-16)19(9-12-3-4-12)10-13-5-6-13/h8,12-13,15H,3-7,9-10,16H2,1-2H3. The summed E-state index contributed by atoms with van der Waals surface area (Å²) in [4.78, 5) is 2.64. The van der Waals surface area contributed by atoms with Crippen LogP contribution in [0.1, 0.15) is 43.0 Å². The third-order valence-corrected chi connectivity index (χ3v) is 4.68. The summed E-state index contributed by atoms with van der Waals surface area (Å²) in [6.45, 7) is 5.31. The lowest BCUT2D eigenvalue weighted by molar-refractivity contribution is 0.184. The van der Waals surface area contributed by atoms with Crippen molar-refractivity contribution in [1.29, 1.82) is 0 Å². The van der Waals surface area contributed by atoms with Crippen LogP contribution in [0, 0.1) is 18.8 Å². The van der Waals surface area contributed by atoms with Crippen molar-refractivity contribution in [2.75, 3.05) is 19.6 Å². The Labute approximate surface area is 116 Å².